The lowest BCUT2D eigenvalue weighted by Crippen LogP contribution is -2.35. The summed E-state index contributed by atoms with van der Waals surface area (Å²) in [6.07, 6.45) is 1.46. The van der Waals surface area contributed by atoms with Gasteiger partial charge >= 0.3 is 0 Å². The number of hydrogen-bond donors (Lipinski definition) is 0. The second kappa shape index (κ2) is 8.64. The molecule has 1 amide bonds. The second-order valence-electron chi connectivity index (χ2n) is 6.75. The Balaban J connectivity index is 2.27. The van der Waals surface area contributed by atoms with Gasteiger partial charge in [-0.05, 0) is 34.1 Å². The van der Waals surface area contributed by atoms with E-state index in [1.54, 1.807) is 0 Å². The highest BCUT2D eigenvalue weighted by molar-refractivity contribution is 9.11. The molecule has 1 aromatic heterocycles. The molecule has 0 spiro atoms. The number of carbonyl (C=O) groups is 1. The highest BCUT2D eigenvalue weighted by atomic mass is 79.9. The molecule has 0 fully saturated rings. The van der Waals surface area contributed by atoms with Crippen molar-refractivity contribution >= 4 is 46.4 Å². The molecule has 0 radical (unpaired) electrons. The number of hydrogen-bond acceptors (Lipinski definition) is 4. The Labute approximate surface area is 163 Å². The summed E-state index contributed by atoms with van der Waals surface area (Å²) in [5.74, 6) is -5.02. The average Bonchev–Trinajstić information content (AvgIpc) is 2.96. The second-order valence-corrected chi connectivity index (χ2v) is 14.8. The standard InChI is InChI=1S/C16H18BrF3N2O2SSi/c1-26(2,3)7-6-24-9-22(16-21-8-12(17)25-16)15(23)13-10(18)4-5-11(19)14(13)20/h4-5,8H,6-7,9H2,1-3H3. The molecule has 0 unspecified atom stereocenters. The predicted molar refractivity (Wildman–Crippen MR) is 102 cm³/mol. The summed E-state index contributed by atoms with van der Waals surface area (Å²) in [6.45, 7) is 6.69. The number of benzene rings is 1. The van der Waals surface area contributed by atoms with Crippen LogP contribution in [-0.2, 0) is 4.74 Å². The molecule has 0 saturated carbocycles. The Bertz CT molecular complexity index is 798. The van der Waals surface area contributed by atoms with Crippen LogP contribution in [0.3, 0.4) is 0 Å². The largest absolute Gasteiger partial charge is 0.361 e. The number of ether oxygens (including phenoxy) is 1. The number of amides is 1. The first kappa shape index (κ1) is 21.1. The Hall–Kier alpha value is -1.23. The van der Waals surface area contributed by atoms with Gasteiger partial charge < -0.3 is 4.74 Å². The van der Waals surface area contributed by atoms with E-state index < -0.39 is 37.0 Å². The van der Waals surface area contributed by atoms with Crippen molar-refractivity contribution in [3.8, 4) is 0 Å². The molecule has 142 valence electrons. The fraction of sp³-hybridized carbons (Fsp3) is 0.375. The molecule has 2 aromatic rings. The molecule has 10 heteroatoms. The van der Waals surface area contributed by atoms with E-state index in [2.05, 4.69) is 40.6 Å². The van der Waals surface area contributed by atoms with Gasteiger partial charge in [0.15, 0.2) is 16.8 Å². The predicted octanol–water partition coefficient (Wildman–Crippen LogP) is 5.28. The summed E-state index contributed by atoms with van der Waals surface area (Å²) in [4.78, 5) is 17.7. The lowest BCUT2D eigenvalue weighted by molar-refractivity contribution is 0.0891. The summed E-state index contributed by atoms with van der Waals surface area (Å²) in [5, 5.41) is 0.193. The molecule has 1 heterocycles. The van der Waals surface area contributed by atoms with Crippen LogP contribution in [0.5, 0.6) is 0 Å². The summed E-state index contributed by atoms with van der Waals surface area (Å²) in [5.41, 5.74) is -0.967. The van der Waals surface area contributed by atoms with Crippen molar-refractivity contribution < 1.29 is 22.7 Å². The van der Waals surface area contributed by atoms with Crippen molar-refractivity contribution in [3.63, 3.8) is 0 Å². The van der Waals surface area contributed by atoms with Crippen LogP contribution in [0.2, 0.25) is 25.7 Å². The molecule has 0 bridgehead atoms. The monoisotopic (exact) mass is 466 g/mol. The van der Waals surface area contributed by atoms with Crippen LogP contribution in [0.15, 0.2) is 22.1 Å². The van der Waals surface area contributed by atoms with Crippen LogP contribution >= 0.6 is 27.3 Å². The third-order valence-corrected chi connectivity index (χ3v) is 6.62. The minimum Gasteiger partial charge on any atom is -0.361 e. The average molecular weight is 467 g/mol. The van der Waals surface area contributed by atoms with E-state index in [1.165, 1.54) is 6.20 Å². The van der Waals surface area contributed by atoms with Crippen LogP contribution in [-0.4, -0.2) is 32.3 Å². The number of thiazole rings is 1. The SMILES string of the molecule is C[Si](C)(C)CCOCN(C(=O)c1c(F)ccc(F)c1F)c1ncc(Br)s1. The van der Waals surface area contributed by atoms with Gasteiger partial charge in [-0.2, -0.15) is 0 Å². The molecule has 0 N–H and O–H groups in total. The van der Waals surface area contributed by atoms with Gasteiger partial charge in [0.25, 0.3) is 5.91 Å². The maximum Gasteiger partial charge on any atom is 0.268 e. The van der Waals surface area contributed by atoms with E-state index >= 15 is 0 Å². The quantitative estimate of drug-likeness (QED) is 0.241. The lowest BCUT2D eigenvalue weighted by Gasteiger charge is -2.22. The van der Waals surface area contributed by atoms with Gasteiger partial charge in [-0.15, -0.1) is 0 Å². The van der Waals surface area contributed by atoms with Gasteiger partial charge in [-0.25, -0.2) is 18.2 Å². The minimum atomic E-state index is -1.53. The van der Waals surface area contributed by atoms with E-state index in [0.717, 1.165) is 22.3 Å². The maximum atomic E-state index is 14.0. The Morgan fingerprint density at radius 3 is 2.50 bits per heavy atom. The minimum absolute atomic E-state index is 0.193. The molecule has 0 saturated heterocycles. The fourth-order valence-electron chi connectivity index (χ4n) is 1.96. The number of anilines is 1. The van der Waals surface area contributed by atoms with Crippen molar-refractivity contribution in [2.24, 2.45) is 0 Å². The molecular formula is C16H18BrF3N2O2SSi. The van der Waals surface area contributed by atoms with Gasteiger partial charge in [0.1, 0.15) is 18.1 Å². The van der Waals surface area contributed by atoms with Crippen LogP contribution in [0.1, 0.15) is 10.4 Å². The summed E-state index contributed by atoms with van der Waals surface area (Å²) in [6, 6.07) is 2.21. The van der Waals surface area contributed by atoms with Crippen molar-refractivity contribution in [1.82, 2.24) is 4.98 Å². The Morgan fingerprint density at radius 2 is 1.92 bits per heavy atom. The summed E-state index contributed by atoms with van der Waals surface area (Å²) < 4.78 is 47.6. The molecule has 1 aromatic carbocycles. The lowest BCUT2D eigenvalue weighted by atomic mass is 10.1. The van der Waals surface area contributed by atoms with E-state index in [-0.39, 0.29) is 11.9 Å². The Kier molecular flexibility index (Phi) is 7.00. The van der Waals surface area contributed by atoms with Crippen molar-refractivity contribution in [3.05, 3.63) is 45.1 Å². The molecule has 0 aliphatic rings. The van der Waals surface area contributed by atoms with Crippen molar-refractivity contribution in [2.45, 2.75) is 25.7 Å². The van der Waals surface area contributed by atoms with E-state index in [1.807, 2.05) is 0 Å². The van der Waals surface area contributed by atoms with Gasteiger partial charge in [0.05, 0.1) is 9.98 Å². The normalized spacial score (nSPS) is 11.7. The van der Waals surface area contributed by atoms with E-state index in [0.29, 0.717) is 22.5 Å². The molecule has 26 heavy (non-hydrogen) atoms. The number of aromatic nitrogens is 1. The maximum absolute atomic E-state index is 14.0. The van der Waals surface area contributed by atoms with Crippen molar-refractivity contribution in [2.75, 3.05) is 18.2 Å². The third-order valence-electron chi connectivity index (χ3n) is 3.42. The molecule has 2 rings (SSSR count). The molecule has 0 aliphatic carbocycles. The highest BCUT2D eigenvalue weighted by Gasteiger charge is 2.28. The van der Waals surface area contributed by atoms with Crippen LogP contribution in [0, 0.1) is 17.5 Å². The molecule has 4 nitrogen and oxygen atoms in total. The fourth-order valence-corrected chi connectivity index (χ4v) is 3.89. The zero-order valence-electron chi connectivity index (χ0n) is 14.5. The van der Waals surface area contributed by atoms with E-state index in [4.69, 9.17) is 4.74 Å². The number of halogens is 4. The molecular weight excluding hydrogens is 449 g/mol. The molecule has 0 atom stereocenters. The van der Waals surface area contributed by atoms with Gasteiger partial charge in [0.2, 0.25) is 0 Å². The molecule has 0 aliphatic heterocycles. The smallest absolute Gasteiger partial charge is 0.268 e. The first-order valence-electron chi connectivity index (χ1n) is 7.74. The number of carbonyl (C=O) groups excluding carboxylic acids is 1. The van der Waals surface area contributed by atoms with Crippen LogP contribution in [0.4, 0.5) is 18.3 Å². The van der Waals surface area contributed by atoms with Gasteiger partial charge in [-0.3, -0.25) is 9.69 Å². The summed E-state index contributed by atoms with van der Waals surface area (Å²) in [7, 11) is -1.34. The first-order chi connectivity index (χ1) is 12.1. The first-order valence-corrected chi connectivity index (χ1v) is 13.1. The number of rotatable bonds is 7. The zero-order chi connectivity index (χ0) is 19.5. The van der Waals surface area contributed by atoms with Crippen molar-refractivity contribution in [1.29, 1.82) is 0 Å². The highest BCUT2D eigenvalue weighted by Crippen LogP contribution is 2.29. The van der Waals surface area contributed by atoms with Gasteiger partial charge in [-0.1, -0.05) is 31.0 Å². The Morgan fingerprint density at radius 1 is 1.27 bits per heavy atom. The van der Waals surface area contributed by atoms with E-state index in [9.17, 15) is 18.0 Å². The zero-order valence-corrected chi connectivity index (χ0v) is 17.9. The summed E-state index contributed by atoms with van der Waals surface area (Å²) >= 11 is 4.33. The van der Waals surface area contributed by atoms with Crippen LogP contribution < -0.4 is 4.90 Å². The number of nitrogens with zero attached hydrogens (tertiary/aromatic N) is 2. The third kappa shape index (κ3) is 5.38. The van der Waals surface area contributed by atoms with Crippen LogP contribution in [0.25, 0.3) is 0 Å². The van der Waals surface area contributed by atoms with Gasteiger partial charge in [0, 0.05) is 14.7 Å². The topological polar surface area (TPSA) is 42.4 Å².